The highest BCUT2D eigenvalue weighted by Crippen LogP contribution is 2.21. The number of ether oxygens (including phenoxy) is 2. The average Bonchev–Trinajstić information content (AvgIpc) is 2.46. The number of anilines is 1. The van der Waals surface area contributed by atoms with Crippen LogP contribution in [0.25, 0.3) is 10.9 Å². The summed E-state index contributed by atoms with van der Waals surface area (Å²) in [6, 6.07) is 9.60. The Morgan fingerprint density at radius 2 is 2.05 bits per heavy atom. The molecule has 0 aliphatic carbocycles. The molecule has 0 bridgehead atoms. The molecule has 1 aliphatic heterocycles. The Balaban J connectivity index is 1.69. The van der Waals surface area contributed by atoms with Crippen molar-refractivity contribution in [3.63, 3.8) is 0 Å². The van der Waals surface area contributed by atoms with Crippen molar-refractivity contribution in [2.24, 2.45) is 5.92 Å². The molecule has 0 spiro atoms. The second kappa shape index (κ2) is 5.45. The van der Waals surface area contributed by atoms with Gasteiger partial charge in [0, 0.05) is 30.4 Å². The van der Waals surface area contributed by atoms with Crippen molar-refractivity contribution in [1.29, 1.82) is 0 Å². The number of nitrogens with zero attached hydrogens (tertiary/aromatic N) is 1. The Morgan fingerprint density at radius 3 is 2.89 bits per heavy atom. The van der Waals surface area contributed by atoms with E-state index in [4.69, 9.17) is 15.2 Å². The molecule has 19 heavy (non-hydrogen) atoms. The minimum Gasteiger partial charge on any atom is -0.477 e. The molecule has 0 saturated carbocycles. The Kier molecular flexibility index (Phi) is 3.51. The lowest BCUT2D eigenvalue weighted by molar-refractivity contribution is 0.0491. The number of fused-ring (bicyclic) bond motifs is 1. The third kappa shape index (κ3) is 2.96. The molecular weight excluding hydrogens is 240 g/mol. The molecule has 2 aromatic rings. The van der Waals surface area contributed by atoms with Crippen molar-refractivity contribution >= 4 is 16.6 Å². The predicted octanol–water partition coefficient (Wildman–Crippen LogP) is 2.62. The summed E-state index contributed by atoms with van der Waals surface area (Å²) >= 11 is 0. The van der Waals surface area contributed by atoms with Gasteiger partial charge in [-0.2, -0.15) is 0 Å². The van der Waals surface area contributed by atoms with Crippen LogP contribution in [0.2, 0.25) is 0 Å². The number of hydrogen-bond donors (Lipinski definition) is 1. The molecule has 2 N–H and O–H groups in total. The van der Waals surface area contributed by atoms with Gasteiger partial charge in [-0.15, -0.1) is 0 Å². The first-order valence-electron chi connectivity index (χ1n) is 6.68. The van der Waals surface area contributed by atoms with Crippen molar-refractivity contribution in [2.75, 3.05) is 25.6 Å². The maximum absolute atomic E-state index is 5.79. The van der Waals surface area contributed by atoms with E-state index in [1.165, 1.54) is 0 Å². The van der Waals surface area contributed by atoms with E-state index in [9.17, 15) is 0 Å². The Hall–Kier alpha value is -1.81. The molecule has 0 amide bonds. The van der Waals surface area contributed by atoms with E-state index >= 15 is 0 Å². The molecule has 1 saturated heterocycles. The lowest BCUT2D eigenvalue weighted by Crippen LogP contribution is -2.21. The fraction of sp³-hybridized carbons (Fsp3) is 0.400. The number of hydrogen-bond acceptors (Lipinski definition) is 4. The van der Waals surface area contributed by atoms with E-state index in [0.717, 1.165) is 49.3 Å². The monoisotopic (exact) mass is 258 g/mol. The molecule has 100 valence electrons. The lowest BCUT2D eigenvalue weighted by atomic mass is 10.0. The van der Waals surface area contributed by atoms with Crippen LogP contribution in [-0.4, -0.2) is 24.8 Å². The molecule has 0 unspecified atom stereocenters. The van der Waals surface area contributed by atoms with Crippen LogP contribution in [0, 0.1) is 5.92 Å². The van der Waals surface area contributed by atoms with Crippen LogP contribution in [0.15, 0.2) is 30.3 Å². The van der Waals surface area contributed by atoms with Crippen LogP contribution in [0.1, 0.15) is 12.8 Å². The average molecular weight is 258 g/mol. The summed E-state index contributed by atoms with van der Waals surface area (Å²) < 4.78 is 11.1. The first-order valence-corrected chi connectivity index (χ1v) is 6.68. The smallest absolute Gasteiger partial charge is 0.213 e. The maximum atomic E-state index is 5.79. The molecule has 1 fully saturated rings. The fourth-order valence-electron chi connectivity index (χ4n) is 2.32. The topological polar surface area (TPSA) is 57.4 Å². The van der Waals surface area contributed by atoms with Gasteiger partial charge < -0.3 is 15.2 Å². The predicted molar refractivity (Wildman–Crippen MR) is 75.2 cm³/mol. The van der Waals surface area contributed by atoms with E-state index < -0.39 is 0 Å². The Bertz CT molecular complexity index is 565. The number of pyridine rings is 1. The molecule has 3 rings (SSSR count). The van der Waals surface area contributed by atoms with Gasteiger partial charge in [-0.25, -0.2) is 4.98 Å². The highest BCUT2D eigenvalue weighted by atomic mass is 16.5. The second-order valence-electron chi connectivity index (χ2n) is 4.97. The van der Waals surface area contributed by atoms with Crippen LogP contribution in [0.5, 0.6) is 5.88 Å². The number of rotatable bonds is 3. The zero-order valence-corrected chi connectivity index (χ0v) is 10.8. The van der Waals surface area contributed by atoms with E-state index in [0.29, 0.717) is 11.8 Å². The summed E-state index contributed by atoms with van der Waals surface area (Å²) in [6.07, 6.45) is 2.15. The summed E-state index contributed by atoms with van der Waals surface area (Å²) in [5.41, 5.74) is 7.42. The van der Waals surface area contributed by atoms with Crippen LogP contribution in [-0.2, 0) is 4.74 Å². The van der Waals surface area contributed by atoms with E-state index in [-0.39, 0.29) is 0 Å². The van der Waals surface area contributed by atoms with Gasteiger partial charge in [0.1, 0.15) is 0 Å². The highest BCUT2D eigenvalue weighted by molar-refractivity contribution is 5.82. The van der Waals surface area contributed by atoms with E-state index in [2.05, 4.69) is 4.98 Å². The van der Waals surface area contributed by atoms with Gasteiger partial charge in [-0.3, -0.25) is 0 Å². The zero-order chi connectivity index (χ0) is 13.1. The zero-order valence-electron chi connectivity index (χ0n) is 10.8. The summed E-state index contributed by atoms with van der Waals surface area (Å²) in [6.45, 7) is 2.41. The molecular formula is C15H18N2O2. The Labute approximate surface area is 112 Å². The van der Waals surface area contributed by atoms with Gasteiger partial charge in [0.25, 0.3) is 0 Å². The second-order valence-corrected chi connectivity index (χ2v) is 4.97. The standard InChI is InChI=1S/C15H18N2O2/c16-13-2-3-14-12(9-13)1-4-15(17-14)19-10-11-5-7-18-8-6-11/h1-4,9,11H,5-8,10,16H2. The summed E-state index contributed by atoms with van der Waals surface area (Å²) in [4.78, 5) is 4.49. The molecule has 0 radical (unpaired) electrons. The maximum Gasteiger partial charge on any atom is 0.213 e. The van der Waals surface area contributed by atoms with Crippen LogP contribution >= 0.6 is 0 Å². The molecule has 2 heterocycles. The molecule has 1 aromatic heterocycles. The third-order valence-electron chi connectivity index (χ3n) is 3.50. The van der Waals surface area contributed by atoms with E-state index in [1.807, 2.05) is 30.3 Å². The number of aromatic nitrogens is 1. The van der Waals surface area contributed by atoms with Gasteiger partial charge in [-0.1, -0.05) is 0 Å². The first kappa shape index (κ1) is 12.2. The van der Waals surface area contributed by atoms with Crippen molar-refractivity contribution < 1.29 is 9.47 Å². The third-order valence-corrected chi connectivity index (χ3v) is 3.50. The summed E-state index contributed by atoms with van der Waals surface area (Å²) in [5.74, 6) is 1.27. The van der Waals surface area contributed by atoms with Gasteiger partial charge >= 0.3 is 0 Å². The largest absolute Gasteiger partial charge is 0.477 e. The molecule has 0 atom stereocenters. The highest BCUT2D eigenvalue weighted by Gasteiger charge is 2.14. The van der Waals surface area contributed by atoms with E-state index in [1.54, 1.807) is 0 Å². The summed E-state index contributed by atoms with van der Waals surface area (Å²) in [5, 5.41) is 1.04. The van der Waals surface area contributed by atoms with Crippen LogP contribution < -0.4 is 10.5 Å². The van der Waals surface area contributed by atoms with Gasteiger partial charge in [-0.05, 0) is 43.0 Å². The fourth-order valence-corrected chi connectivity index (χ4v) is 2.32. The van der Waals surface area contributed by atoms with Crippen molar-refractivity contribution in [3.8, 4) is 5.88 Å². The minimum atomic E-state index is 0.581. The lowest BCUT2D eigenvalue weighted by Gasteiger charge is -2.21. The van der Waals surface area contributed by atoms with Crippen molar-refractivity contribution in [2.45, 2.75) is 12.8 Å². The summed E-state index contributed by atoms with van der Waals surface area (Å²) in [7, 11) is 0. The molecule has 4 heteroatoms. The van der Waals surface area contributed by atoms with Gasteiger partial charge in [0.05, 0.1) is 12.1 Å². The SMILES string of the molecule is Nc1ccc2nc(OCC3CCOCC3)ccc2c1. The number of nitrogens with two attached hydrogens (primary N) is 1. The minimum absolute atomic E-state index is 0.581. The Morgan fingerprint density at radius 1 is 1.21 bits per heavy atom. The van der Waals surface area contributed by atoms with Gasteiger partial charge in [0.15, 0.2) is 0 Å². The normalized spacial score (nSPS) is 16.6. The molecule has 1 aliphatic rings. The van der Waals surface area contributed by atoms with Crippen LogP contribution in [0.3, 0.4) is 0 Å². The molecule has 1 aromatic carbocycles. The number of benzene rings is 1. The molecule has 4 nitrogen and oxygen atoms in total. The number of nitrogen functional groups attached to an aromatic ring is 1. The van der Waals surface area contributed by atoms with Crippen molar-refractivity contribution in [3.05, 3.63) is 30.3 Å². The quantitative estimate of drug-likeness (QED) is 0.860. The van der Waals surface area contributed by atoms with Crippen molar-refractivity contribution in [1.82, 2.24) is 4.98 Å². The van der Waals surface area contributed by atoms with Crippen LogP contribution in [0.4, 0.5) is 5.69 Å². The first-order chi connectivity index (χ1) is 9.31. The van der Waals surface area contributed by atoms with Gasteiger partial charge in [0.2, 0.25) is 5.88 Å².